The summed E-state index contributed by atoms with van der Waals surface area (Å²) in [6, 6.07) is 3.60. The van der Waals surface area contributed by atoms with Crippen LogP contribution in [-0.4, -0.2) is 51.4 Å². The highest BCUT2D eigenvalue weighted by Crippen LogP contribution is 2.23. The quantitative estimate of drug-likeness (QED) is 0.842. The van der Waals surface area contributed by atoms with Crippen LogP contribution in [0.15, 0.2) is 23.1 Å². The van der Waals surface area contributed by atoms with Crippen LogP contribution in [-0.2, 0) is 10.0 Å². The molecule has 1 heterocycles. The molecular weight excluding hydrogens is 281 g/mol. The van der Waals surface area contributed by atoms with Crippen molar-refractivity contribution >= 4 is 15.7 Å². The van der Waals surface area contributed by atoms with E-state index in [0.29, 0.717) is 6.54 Å². The lowest BCUT2D eigenvalue weighted by Crippen LogP contribution is -2.33. The van der Waals surface area contributed by atoms with Crippen LogP contribution in [0, 0.1) is 11.7 Å². The van der Waals surface area contributed by atoms with E-state index in [4.69, 9.17) is 5.73 Å². The number of hydrogen-bond acceptors (Lipinski definition) is 4. The predicted molar refractivity (Wildman–Crippen MR) is 76.2 cm³/mol. The first-order chi connectivity index (χ1) is 9.30. The summed E-state index contributed by atoms with van der Waals surface area (Å²) >= 11 is 0. The molecule has 1 aliphatic heterocycles. The monoisotopic (exact) mass is 301 g/mol. The lowest BCUT2D eigenvalue weighted by Gasteiger charge is -2.21. The Labute approximate surface area is 119 Å². The molecule has 0 saturated carbocycles. The Morgan fingerprint density at radius 2 is 2.20 bits per heavy atom. The second kappa shape index (κ2) is 5.67. The second-order valence-corrected chi connectivity index (χ2v) is 7.41. The molecule has 20 heavy (non-hydrogen) atoms. The summed E-state index contributed by atoms with van der Waals surface area (Å²) in [5.41, 5.74) is 5.78. The van der Waals surface area contributed by atoms with Gasteiger partial charge in [0.05, 0.1) is 0 Å². The van der Waals surface area contributed by atoms with Crippen molar-refractivity contribution < 1.29 is 12.8 Å². The summed E-state index contributed by atoms with van der Waals surface area (Å²) in [7, 11) is -0.349. The van der Waals surface area contributed by atoms with Gasteiger partial charge in [0, 0.05) is 25.8 Å². The Balaban J connectivity index is 2.19. The Morgan fingerprint density at radius 1 is 1.50 bits per heavy atom. The third-order valence-electron chi connectivity index (χ3n) is 3.65. The third-order valence-corrected chi connectivity index (χ3v) is 5.49. The Bertz CT molecular complexity index is 591. The molecule has 1 aromatic carbocycles. The fourth-order valence-electron chi connectivity index (χ4n) is 2.52. The highest BCUT2D eigenvalue weighted by Gasteiger charge is 2.29. The first-order valence-electron chi connectivity index (χ1n) is 6.50. The van der Waals surface area contributed by atoms with Crippen LogP contribution >= 0.6 is 0 Å². The molecule has 0 amide bonds. The van der Waals surface area contributed by atoms with Crippen molar-refractivity contribution in [2.75, 3.05) is 39.5 Å². The number of nitrogens with zero attached hydrogens (tertiary/aromatic N) is 2. The van der Waals surface area contributed by atoms with Crippen molar-refractivity contribution in [2.24, 2.45) is 5.92 Å². The summed E-state index contributed by atoms with van der Waals surface area (Å²) < 4.78 is 39.7. The maximum absolute atomic E-state index is 13.7. The number of rotatable bonds is 4. The zero-order valence-electron chi connectivity index (χ0n) is 11.7. The standard InChI is InChI=1S/C13H20FN3O2S/c1-16-6-5-10(8-16)9-17(2)20(18,19)13-7-11(15)3-4-12(13)14/h3-4,7,10H,5-6,8-9,15H2,1-2H3. The van der Waals surface area contributed by atoms with E-state index in [0.717, 1.165) is 25.6 Å². The van der Waals surface area contributed by atoms with Crippen LogP contribution in [0.25, 0.3) is 0 Å². The van der Waals surface area contributed by atoms with E-state index in [1.165, 1.54) is 23.5 Å². The summed E-state index contributed by atoms with van der Waals surface area (Å²) in [6.45, 7) is 2.21. The fraction of sp³-hybridized carbons (Fsp3) is 0.538. The maximum Gasteiger partial charge on any atom is 0.245 e. The highest BCUT2D eigenvalue weighted by atomic mass is 32.2. The van der Waals surface area contributed by atoms with Gasteiger partial charge in [-0.15, -0.1) is 0 Å². The first-order valence-corrected chi connectivity index (χ1v) is 7.94. The molecule has 5 nitrogen and oxygen atoms in total. The van der Waals surface area contributed by atoms with Gasteiger partial charge in [-0.25, -0.2) is 17.1 Å². The first kappa shape index (κ1) is 15.2. The number of likely N-dealkylation sites (tertiary alicyclic amines) is 1. The Kier molecular flexibility index (Phi) is 4.31. The van der Waals surface area contributed by atoms with Gasteiger partial charge in [0.1, 0.15) is 10.7 Å². The molecule has 0 radical (unpaired) electrons. The number of halogens is 1. The van der Waals surface area contributed by atoms with Crippen LogP contribution in [0.4, 0.5) is 10.1 Å². The molecule has 1 aliphatic rings. The molecule has 1 fully saturated rings. The van der Waals surface area contributed by atoms with Gasteiger partial charge < -0.3 is 10.6 Å². The molecular formula is C13H20FN3O2S. The van der Waals surface area contributed by atoms with Crippen LogP contribution in [0.5, 0.6) is 0 Å². The summed E-state index contributed by atoms with van der Waals surface area (Å²) in [6.07, 6.45) is 0.954. The van der Waals surface area contributed by atoms with E-state index in [2.05, 4.69) is 4.90 Å². The average molecular weight is 301 g/mol. The molecule has 112 valence electrons. The normalized spacial score (nSPS) is 20.7. The molecule has 0 bridgehead atoms. The van der Waals surface area contributed by atoms with Gasteiger partial charge in [0.25, 0.3) is 0 Å². The maximum atomic E-state index is 13.7. The zero-order valence-corrected chi connectivity index (χ0v) is 12.5. The molecule has 1 aromatic rings. The number of hydrogen-bond donors (Lipinski definition) is 1. The lowest BCUT2D eigenvalue weighted by molar-refractivity contribution is 0.356. The average Bonchev–Trinajstić information content (AvgIpc) is 2.77. The molecule has 1 saturated heterocycles. The van der Waals surface area contributed by atoms with Crippen molar-refractivity contribution in [3.05, 3.63) is 24.0 Å². The van der Waals surface area contributed by atoms with E-state index in [1.807, 2.05) is 7.05 Å². The van der Waals surface area contributed by atoms with Gasteiger partial charge in [0.2, 0.25) is 10.0 Å². The molecule has 7 heteroatoms. The molecule has 0 spiro atoms. The fourth-order valence-corrected chi connectivity index (χ4v) is 3.86. The van der Waals surface area contributed by atoms with Gasteiger partial charge >= 0.3 is 0 Å². The topological polar surface area (TPSA) is 66.6 Å². The van der Waals surface area contributed by atoms with E-state index in [1.54, 1.807) is 0 Å². The number of sulfonamides is 1. The molecule has 2 N–H and O–H groups in total. The van der Waals surface area contributed by atoms with Gasteiger partial charge in [-0.05, 0) is 44.1 Å². The van der Waals surface area contributed by atoms with Gasteiger partial charge in [-0.2, -0.15) is 0 Å². The number of nitrogens with two attached hydrogens (primary N) is 1. The minimum absolute atomic E-state index is 0.235. The number of benzene rings is 1. The zero-order chi connectivity index (χ0) is 14.9. The summed E-state index contributed by atoms with van der Waals surface area (Å²) in [5, 5.41) is 0. The summed E-state index contributed by atoms with van der Waals surface area (Å²) in [4.78, 5) is 1.80. The minimum atomic E-state index is -3.84. The molecule has 0 aliphatic carbocycles. The van der Waals surface area contributed by atoms with E-state index in [9.17, 15) is 12.8 Å². The van der Waals surface area contributed by atoms with Crippen molar-refractivity contribution in [1.82, 2.24) is 9.21 Å². The van der Waals surface area contributed by atoms with Crippen LogP contribution in [0.1, 0.15) is 6.42 Å². The minimum Gasteiger partial charge on any atom is -0.399 e. The predicted octanol–water partition coefficient (Wildman–Crippen LogP) is 0.980. The SMILES string of the molecule is CN1CCC(CN(C)S(=O)(=O)c2cc(N)ccc2F)C1. The van der Waals surface area contributed by atoms with Crippen LogP contribution in [0.3, 0.4) is 0 Å². The Morgan fingerprint density at radius 3 is 2.80 bits per heavy atom. The van der Waals surface area contributed by atoms with E-state index < -0.39 is 15.8 Å². The van der Waals surface area contributed by atoms with Crippen LogP contribution < -0.4 is 5.73 Å². The second-order valence-electron chi connectivity index (χ2n) is 5.39. The summed E-state index contributed by atoms with van der Waals surface area (Å²) in [5.74, 6) is -0.488. The van der Waals surface area contributed by atoms with Gasteiger partial charge in [-0.1, -0.05) is 0 Å². The van der Waals surface area contributed by atoms with Crippen molar-refractivity contribution in [1.29, 1.82) is 0 Å². The third kappa shape index (κ3) is 3.11. The van der Waals surface area contributed by atoms with Crippen molar-refractivity contribution in [2.45, 2.75) is 11.3 Å². The van der Waals surface area contributed by atoms with Gasteiger partial charge in [-0.3, -0.25) is 0 Å². The smallest absolute Gasteiger partial charge is 0.245 e. The van der Waals surface area contributed by atoms with Crippen molar-refractivity contribution in [3.63, 3.8) is 0 Å². The van der Waals surface area contributed by atoms with E-state index >= 15 is 0 Å². The van der Waals surface area contributed by atoms with Gasteiger partial charge in [0.15, 0.2) is 0 Å². The lowest BCUT2D eigenvalue weighted by atomic mass is 10.1. The molecule has 1 atom stereocenters. The van der Waals surface area contributed by atoms with Crippen LogP contribution in [0.2, 0.25) is 0 Å². The number of anilines is 1. The number of nitrogen functional groups attached to an aromatic ring is 1. The molecule has 0 aromatic heterocycles. The van der Waals surface area contributed by atoms with E-state index in [-0.39, 0.29) is 16.5 Å². The Hall–Kier alpha value is -1.18. The highest BCUT2D eigenvalue weighted by molar-refractivity contribution is 7.89. The van der Waals surface area contributed by atoms with Crippen molar-refractivity contribution in [3.8, 4) is 0 Å². The molecule has 2 rings (SSSR count). The largest absolute Gasteiger partial charge is 0.399 e. The molecule has 1 unspecified atom stereocenters.